The zero-order valence-corrected chi connectivity index (χ0v) is 16.3. The molecule has 0 radical (unpaired) electrons. The molecule has 0 bridgehead atoms. The second-order valence-electron chi connectivity index (χ2n) is 6.57. The number of guanidine groups is 1. The third-order valence-corrected chi connectivity index (χ3v) is 5.11. The SMILES string of the molecule is CCNC(=NCC1(c2cccc(Br)c2)CC1)NCCCn1ccnc1. The smallest absolute Gasteiger partial charge is 0.191 e. The van der Waals surface area contributed by atoms with Gasteiger partial charge < -0.3 is 15.2 Å². The lowest BCUT2D eigenvalue weighted by molar-refractivity contribution is 0.622. The highest BCUT2D eigenvalue weighted by Crippen LogP contribution is 2.48. The Morgan fingerprint density at radius 3 is 2.92 bits per heavy atom. The lowest BCUT2D eigenvalue weighted by Gasteiger charge is -2.16. The summed E-state index contributed by atoms with van der Waals surface area (Å²) in [5.74, 6) is 0.911. The summed E-state index contributed by atoms with van der Waals surface area (Å²) in [6.07, 6.45) is 9.13. The number of aromatic nitrogens is 2. The summed E-state index contributed by atoms with van der Waals surface area (Å²) in [6.45, 7) is 5.67. The van der Waals surface area contributed by atoms with Gasteiger partial charge in [0.25, 0.3) is 0 Å². The molecule has 1 aliphatic rings. The standard InChI is InChI=1S/C19H26BrN5/c1-2-22-18(23-9-4-11-25-12-10-21-15-25)24-14-19(7-8-19)16-5-3-6-17(20)13-16/h3,5-6,10,12-13,15H,2,4,7-9,11,14H2,1H3,(H2,22,23,24). The molecule has 5 nitrogen and oxygen atoms in total. The van der Waals surface area contributed by atoms with E-state index in [0.29, 0.717) is 0 Å². The maximum atomic E-state index is 4.85. The Hall–Kier alpha value is -1.82. The fraction of sp³-hybridized carbons (Fsp3) is 0.474. The molecule has 0 atom stereocenters. The number of aryl methyl sites for hydroxylation is 1. The van der Waals surface area contributed by atoms with Gasteiger partial charge in [0, 0.05) is 41.9 Å². The molecule has 1 aromatic heterocycles. The number of imidazole rings is 1. The highest BCUT2D eigenvalue weighted by molar-refractivity contribution is 9.10. The predicted octanol–water partition coefficient (Wildman–Crippen LogP) is 3.32. The van der Waals surface area contributed by atoms with Crippen LogP contribution < -0.4 is 10.6 Å². The third kappa shape index (κ3) is 5.08. The minimum Gasteiger partial charge on any atom is -0.357 e. The van der Waals surface area contributed by atoms with Crippen LogP contribution in [0.2, 0.25) is 0 Å². The molecule has 0 spiro atoms. The maximum absolute atomic E-state index is 4.85. The van der Waals surface area contributed by atoms with Crippen LogP contribution in [-0.2, 0) is 12.0 Å². The van der Waals surface area contributed by atoms with E-state index in [9.17, 15) is 0 Å². The molecule has 6 heteroatoms. The fourth-order valence-corrected chi connectivity index (χ4v) is 3.37. The van der Waals surface area contributed by atoms with Gasteiger partial charge in [-0.05, 0) is 43.9 Å². The van der Waals surface area contributed by atoms with Gasteiger partial charge >= 0.3 is 0 Å². The maximum Gasteiger partial charge on any atom is 0.191 e. The minimum absolute atomic E-state index is 0.225. The Labute approximate surface area is 158 Å². The van der Waals surface area contributed by atoms with Gasteiger partial charge in [0.15, 0.2) is 5.96 Å². The fourth-order valence-electron chi connectivity index (χ4n) is 2.97. The van der Waals surface area contributed by atoms with Crippen LogP contribution in [0.15, 0.2) is 52.5 Å². The number of benzene rings is 1. The molecule has 134 valence electrons. The van der Waals surface area contributed by atoms with E-state index in [4.69, 9.17) is 4.99 Å². The number of aliphatic imine (C=N–C) groups is 1. The highest BCUT2D eigenvalue weighted by Gasteiger charge is 2.44. The predicted molar refractivity (Wildman–Crippen MR) is 106 cm³/mol. The summed E-state index contributed by atoms with van der Waals surface area (Å²) >= 11 is 3.58. The molecule has 0 saturated heterocycles. The van der Waals surface area contributed by atoms with E-state index in [1.165, 1.54) is 18.4 Å². The molecule has 3 rings (SSSR count). The van der Waals surface area contributed by atoms with Crippen molar-refractivity contribution in [1.29, 1.82) is 0 Å². The van der Waals surface area contributed by atoms with E-state index < -0.39 is 0 Å². The van der Waals surface area contributed by atoms with Crippen molar-refractivity contribution < 1.29 is 0 Å². The number of halogens is 1. The molecule has 2 N–H and O–H groups in total. The first-order valence-corrected chi connectivity index (χ1v) is 9.75. The molecule has 25 heavy (non-hydrogen) atoms. The monoisotopic (exact) mass is 403 g/mol. The Morgan fingerprint density at radius 1 is 1.36 bits per heavy atom. The summed E-state index contributed by atoms with van der Waals surface area (Å²) in [7, 11) is 0. The Balaban J connectivity index is 1.53. The van der Waals surface area contributed by atoms with Crippen LogP contribution in [-0.4, -0.2) is 35.1 Å². The largest absolute Gasteiger partial charge is 0.357 e. The van der Waals surface area contributed by atoms with Crippen molar-refractivity contribution in [2.24, 2.45) is 4.99 Å². The summed E-state index contributed by atoms with van der Waals surface area (Å²) < 4.78 is 3.24. The van der Waals surface area contributed by atoms with E-state index in [1.54, 1.807) is 0 Å². The Bertz CT molecular complexity index is 692. The van der Waals surface area contributed by atoms with Crippen LogP contribution >= 0.6 is 15.9 Å². The topological polar surface area (TPSA) is 54.2 Å². The molecule has 1 heterocycles. The quantitative estimate of drug-likeness (QED) is 0.403. The van der Waals surface area contributed by atoms with Crippen LogP contribution in [0.5, 0.6) is 0 Å². The lowest BCUT2D eigenvalue weighted by Crippen LogP contribution is -2.38. The van der Waals surface area contributed by atoms with Gasteiger partial charge in [0.1, 0.15) is 0 Å². The number of rotatable bonds is 8. The van der Waals surface area contributed by atoms with Crippen molar-refractivity contribution in [3.8, 4) is 0 Å². The van der Waals surface area contributed by atoms with Gasteiger partial charge in [0.05, 0.1) is 12.9 Å². The van der Waals surface area contributed by atoms with E-state index in [0.717, 1.165) is 43.0 Å². The minimum atomic E-state index is 0.225. The van der Waals surface area contributed by atoms with Crippen molar-refractivity contribution in [2.45, 2.75) is 38.1 Å². The molecule has 1 aliphatic carbocycles. The van der Waals surface area contributed by atoms with Crippen molar-refractivity contribution in [2.75, 3.05) is 19.6 Å². The molecule has 0 amide bonds. The number of hydrogen-bond donors (Lipinski definition) is 2. The van der Waals surface area contributed by atoms with Crippen LogP contribution in [0.4, 0.5) is 0 Å². The normalized spacial score (nSPS) is 15.8. The van der Waals surface area contributed by atoms with E-state index in [1.807, 2.05) is 18.7 Å². The van der Waals surface area contributed by atoms with Gasteiger partial charge in [-0.2, -0.15) is 0 Å². The highest BCUT2D eigenvalue weighted by atomic mass is 79.9. The first-order valence-electron chi connectivity index (χ1n) is 8.96. The molecule has 1 fully saturated rings. The van der Waals surface area contributed by atoms with Crippen molar-refractivity contribution in [1.82, 2.24) is 20.2 Å². The summed E-state index contributed by atoms with van der Waals surface area (Å²) in [6, 6.07) is 8.64. The average Bonchev–Trinajstić information content (AvgIpc) is 3.23. The summed E-state index contributed by atoms with van der Waals surface area (Å²) in [5.41, 5.74) is 1.62. The third-order valence-electron chi connectivity index (χ3n) is 4.62. The molecule has 0 unspecified atom stereocenters. The van der Waals surface area contributed by atoms with Crippen molar-refractivity contribution in [3.63, 3.8) is 0 Å². The molecule has 1 saturated carbocycles. The Kier molecular flexibility index (Phi) is 6.13. The van der Waals surface area contributed by atoms with Crippen LogP contribution in [0.3, 0.4) is 0 Å². The van der Waals surface area contributed by atoms with Gasteiger partial charge in [-0.15, -0.1) is 0 Å². The first-order chi connectivity index (χ1) is 12.2. The second kappa shape index (κ2) is 8.52. The molecular formula is C19H26BrN5. The van der Waals surface area contributed by atoms with Gasteiger partial charge in [-0.3, -0.25) is 4.99 Å². The zero-order valence-electron chi connectivity index (χ0n) is 14.7. The van der Waals surface area contributed by atoms with E-state index in [-0.39, 0.29) is 5.41 Å². The number of nitrogens with zero attached hydrogens (tertiary/aromatic N) is 3. The van der Waals surface area contributed by atoms with Crippen LogP contribution in [0, 0.1) is 0 Å². The molecule has 0 aliphatic heterocycles. The molecular weight excluding hydrogens is 378 g/mol. The summed E-state index contributed by atoms with van der Waals surface area (Å²) in [4.78, 5) is 8.92. The van der Waals surface area contributed by atoms with E-state index >= 15 is 0 Å². The number of hydrogen-bond acceptors (Lipinski definition) is 2. The molecule has 1 aromatic carbocycles. The van der Waals surface area contributed by atoms with Crippen LogP contribution in [0.1, 0.15) is 31.7 Å². The first kappa shape index (κ1) is 18.0. The summed E-state index contributed by atoms with van der Waals surface area (Å²) in [5, 5.41) is 6.79. The number of nitrogens with one attached hydrogen (secondary N) is 2. The van der Waals surface area contributed by atoms with Gasteiger partial charge in [0.2, 0.25) is 0 Å². The molecule has 2 aromatic rings. The van der Waals surface area contributed by atoms with E-state index in [2.05, 4.69) is 67.3 Å². The van der Waals surface area contributed by atoms with Crippen molar-refractivity contribution >= 4 is 21.9 Å². The van der Waals surface area contributed by atoms with Crippen LogP contribution in [0.25, 0.3) is 0 Å². The van der Waals surface area contributed by atoms with Crippen molar-refractivity contribution in [3.05, 3.63) is 53.0 Å². The second-order valence-corrected chi connectivity index (χ2v) is 7.48. The Morgan fingerprint density at radius 2 is 2.24 bits per heavy atom. The lowest BCUT2D eigenvalue weighted by atomic mass is 9.96. The average molecular weight is 404 g/mol. The zero-order chi connectivity index (χ0) is 17.5. The van der Waals surface area contributed by atoms with Gasteiger partial charge in [-0.25, -0.2) is 4.98 Å². The van der Waals surface area contributed by atoms with Gasteiger partial charge in [-0.1, -0.05) is 28.1 Å².